The molecule has 9 heteroatoms. The Bertz CT molecular complexity index is 1240. The number of hydrogen-bond donors (Lipinski definition) is 0. The molecule has 202 valence electrons. The molecule has 4 heterocycles. The Balaban J connectivity index is 0.000000673. The van der Waals surface area contributed by atoms with Crippen molar-refractivity contribution in [1.29, 1.82) is 0 Å². The van der Waals surface area contributed by atoms with Crippen molar-refractivity contribution in [2.75, 3.05) is 24.5 Å². The van der Waals surface area contributed by atoms with Gasteiger partial charge in [-0.1, -0.05) is 50.8 Å². The zero-order chi connectivity index (χ0) is 26.7. The summed E-state index contributed by atoms with van der Waals surface area (Å²) in [5, 5.41) is 8.03. The Kier molecular flexibility index (Phi) is 7.74. The van der Waals surface area contributed by atoms with E-state index in [1.54, 1.807) is 22.3 Å². The van der Waals surface area contributed by atoms with Crippen molar-refractivity contribution in [3.05, 3.63) is 89.7 Å². The predicted molar refractivity (Wildman–Crippen MR) is 143 cm³/mol. The van der Waals surface area contributed by atoms with Crippen LogP contribution in [0.4, 0.5) is 18.9 Å². The Morgan fingerprint density at radius 3 is 2.29 bits per heavy atom. The Hall–Kier alpha value is -3.33. The van der Waals surface area contributed by atoms with Gasteiger partial charge in [0.25, 0.3) is 0 Å². The van der Waals surface area contributed by atoms with E-state index in [-0.39, 0.29) is 5.70 Å². The molecule has 0 spiro atoms. The predicted octanol–water partition coefficient (Wildman–Crippen LogP) is 6.27. The second-order valence-electron chi connectivity index (χ2n) is 10.4. The standard InChI is InChI=1S/C25H27F3N6.C4H8/c1-18-33(21-8-6-7-19(11-21)13-24-30-29-17-31(24)2)16-23-22(25(26,27)28)12-20(15-34(18)23)14-32-9-4-3-5-10-32;1-2-4-3-1/h6-8,11-12,15-17H,1,3-5,9-10,13-14H2,2H3;1-4H2. The zero-order valence-corrected chi connectivity index (χ0v) is 21.9. The molecule has 1 saturated heterocycles. The quantitative estimate of drug-likeness (QED) is 0.461. The average Bonchev–Trinajstić information content (AvgIpc) is 3.40. The highest BCUT2D eigenvalue weighted by atomic mass is 19.4. The molecule has 0 amide bonds. The molecule has 2 aromatic rings. The van der Waals surface area contributed by atoms with E-state index in [9.17, 15) is 13.2 Å². The number of aryl methyl sites for hydroxylation is 1. The first-order valence-corrected chi connectivity index (χ1v) is 13.4. The van der Waals surface area contributed by atoms with E-state index in [1.165, 1.54) is 44.4 Å². The van der Waals surface area contributed by atoms with Gasteiger partial charge in [-0.15, -0.1) is 10.2 Å². The summed E-state index contributed by atoms with van der Waals surface area (Å²) in [6.45, 7) is 6.47. The van der Waals surface area contributed by atoms with Crippen LogP contribution < -0.4 is 4.90 Å². The number of nitrogens with zero attached hydrogens (tertiary/aromatic N) is 6. The number of anilines is 1. The minimum Gasteiger partial charge on any atom is -0.320 e. The summed E-state index contributed by atoms with van der Waals surface area (Å²) in [4.78, 5) is 5.51. The highest BCUT2D eigenvalue weighted by Gasteiger charge is 2.43. The average molecular weight is 525 g/mol. The summed E-state index contributed by atoms with van der Waals surface area (Å²) in [5.74, 6) is 1.28. The van der Waals surface area contributed by atoms with Crippen molar-refractivity contribution in [3.63, 3.8) is 0 Å². The fourth-order valence-electron chi connectivity index (χ4n) is 4.95. The number of halogens is 3. The summed E-state index contributed by atoms with van der Waals surface area (Å²) in [6.07, 6.45) is 11.7. The van der Waals surface area contributed by atoms with Gasteiger partial charge >= 0.3 is 6.18 Å². The Morgan fingerprint density at radius 1 is 0.947 bits per heavy atom. The van der Waals surface area contributed by atoms with E-state index >= 15 is 0 Å². The van der Waals surface area contributed by atoms with Crippen molar-refractivity contribution in [3.8, 4) is 0 Å². The molecule has 6 nitrogen and oxygen atoms in total. The van der Waals surface area contributed by atoms with Gasteiger partial charge in [0, 0.05) is 38.1 Å². The molecule has 0 N–H and O–H groups in total. The lowest BCUT2D eigenvalue weighted by molar-refractivity contribution is -0.0909. The van der Waals surface area contributed by atoms with E-state index < -0.39 is 11.7 Å². The van der Waals surface area contributed by atoms with Gasteiger partial charge in [-0.25, -0.2) is 0 Å². The third kappa shape index (κ3) is 5.88. The fraction of sp³-hybridized carbons (Fsp3) is 0.448. The van der Waals surface area contributed by atoms with Crippen LogP contribution in [0.5, 0.6) is 0 Å². The van der Waals surface area contributed by atoms with Gasteiger partial charge in [-0.2, -0.15) is 13.2 Å². The molecular weight excluding hydrogens is 489 g/mol. The highest BCUT2D eigenvalue weighted by Crippen LogP contribution is 2.43. The number of rotatable bonds is 5. The highest BCUT2D eigenvalue weighted by molar-refractivity contribution is 5.64. The van der Waals surface area contributed by atoms with Crippen LogP contribution in [0, 0.1) is 0 Å². The minimum absolute atomic E-state index is 0.0959. The maximum absolute atomic E-state index is 14.1. The SMILES string of the molecule is C1CCC1.C=C1N2C=C(CN3CCCCC3)C=C(C(F)(F)F)C2=CN1c1cccc(Cc2nncn2C)c1. The van der Waals surface area contributed by atoms with Gasteiger partial charge in [0.1, 0.15) is 18.0 Å². The summed E-state index contributed by atoms with van der Waals surface area (Å²) < 4.78 is 44.0. The summed E-state index contributed by atoms with van der Waals surface area (Å²) in [7, 11) is 1.88. The minimum atomic E-state index is -4.46. The van der Waals surface area contributed by atoms with Crippen LogP contribution in [0.25, 0.3) is 0 Å². The van der Waals surface area contributed by atoms with E-state index in [1.807, 2.05) is 35.9 Å². The molecule has 1 aromatic heterocycles. The topological polar surface area (TPSA) is 40.4 Å². The molecule has 1 aromatic carbocycles. The van der Waals surface area contributed by atoms with Gasteiger partial charge in [-0.3, -0.25) is 4.90 Å². The number of hydrogen-bond acceptors (Lipinski definition) is 5. The van der Waals surface area contributed by atoms with Crippen molar-refractivity contribution >= 4 is 5.69 Å². The number of aromatic nitrogens is 3. The number of piperidine rings is 1. The normalized spacial score (nSPS) is 19.7. The lowest BCUT2D eigenvalue weighted by Crippen LogP contribution is -2.33. The number of likely N-dealkylation sites (tertiary alicyclic amines) is 1. The van der Waals surface area contributed by atoms with Crippen molar-refractivity contribution in [2.45, 2.75) is 57.5 Å². The summed E-state index contributed by atoms with van der Waals surface area (Å²) in [5.41, 5.74) is 1.83. The fourth-order valence-corrected chi connectivity index (χ4v) is 4.95. The van der Waals surface area contributed by atoms with Crippen LogP contribution in [0.15, 0.2) is 78.3 Å². The molecular formula is C29H35F3N6. The lowest BCUT2D eigenvalue weighted by Gasteiger charge is -2.31. The maximum atomic E-state index is 14.1. The molecule has 6 rings (SSSR count). The van der Waals surface area contributed by atoms with Gasteiger partial charge in [0.15, 0.2) is 0 Å². The number of alkyl halides is 3. The largest absolute Gasteiger partial charge is 0.418 e. The van der Waals surface area contributed by atoms with Crippen LogP contribution in [-0.4, -0.2) is 50.4 Å². The first-order chi connectivity index (χ1) is 18.3. The van der Waals surface area contributed by atoms with Crippen LogP contribution in [0.1, 0.15) is 56.3 Å². The van der Waals surface area contributed by atoms with Gasteiger partial charge < -0.3 is 14.4 Å². The molecule has 0 atom stereocenters. The third-order valence-corrected chi connectivity index (χ3v) is 7.48. The van der Waals surface area contributed by atoms with E-state index in [2.05, 4.69) is 21.7 Å². The second-order valence-corrected chi connectivity index (χ2v) is 10.4. The van der Waals surface area contributed by atoms with Gasteiger partial charge in [0.2, 0.25) is 0 Å². The molecule has 0 radical (unpaired) electrons. The zero-order valence-electron chi connectivity index (χ0n) is 21.9. The summed E-state index contributed by atoms with van der Waals surface area (Å²) >= 11 is 0. The smallest absolute Gasteiger partial charge is 0.320 e. The van der Waals surface area contributed by atoms with Crippen LogP contribution in [0.3, 0.4) is 0 Å². The first kappa shape index (κ1) is 26.3. The van der Waals surface area contributed by atoms with Gasteiger partial charge in [0.05, 0.1) is 11.3 Å². The number of fused-ring (bicyclic) bond motifs is 1. The second kappa shape index (κ2) is 11.2. The lowest BCUT2D eigenvalue weighted by atomic mass is 10.0. The third-order valence-electron chi connectivity index (χ3n) is 7.48. The Morgan fingerprint density at radius 2 is 1.66 bits per heavy atom. The van der Waals surface area contributed by atoms with Crippen LogP contribution in [0.2, 0.25) is 0 Å². The first-order valence-electron chi connectivity index (χ1n) is 13.4. The van der Waals surface area contributed by atoms with Crippen LogP contribution in [-0.2, 0) is 13.5 Å². The molecule has 1 saturated carbocycles. The van der Waals surface area contributed by atoms with Gasteiger partial charge in [-0.05, 0) is 55.3 Å². The van der Waals surface area contributed by atoms with Crippen LogP contribution >= 0.6 is 0 Å². The molecule has 0 bridgehead atoms. The molecule has 1 aliphatic carbocycles. The van der Waals surface area contributed by atoms with Crippen molar-refractivity contribution < 1.29 is 13.2 Å². The molecule has 38 heavy (non-hydrogen) atoms. The molecule has 3 aliphatic heterocycles. The van der Waals surface area contributed by atoms with E-state index in [4.69, 9.17) is 0 Å². The number of allylic oxidation sites excluding steroid dienone is 1. The summed E-state index contributed by atoms with van der Waals surface area (Å²) in [6, 6.07) is 7.68. The Labute approximate surface area is 222 Å². The van der Waals surface area contributed by atoms with E-state index in [0.717, 1.165) is 43.0 Å². The van der Waals surface area contributed by atoms with Crippen molar-refractivity contribution in [1.82, 2.24) is 24.6 Å². The molecule has 0 unspecified atom stereocenters. The molecule has 4 aliphatic rings. The van der Waals surface area contributed by atoms with Crippen molar-refractivity contribution in [2.24, 2.45) is 7.05 Å². The molecule has 2 fully saturated rings. The maximum Gasteiger partial charge on any atom is 0.418 e. The van der Waals surface area contributed by atoms with E-state index in [0.29, 0.717) is 24.4 Å². The monoisotopic (exact) mass is 524 g/mol. The number of benzene rings is 1.